The van der Waals surface area contributed by atoms with Gasteiger partial charge in [0.2, 0.25) is 5.91 Å². The van der Waals surface area contributed by atoms with E-state index < -0.39 is 24.4 Å². The van der Waals surface area contributed by atoms with E-state index in [0.717, 1.165) is 0 Å². The van der Waals surface area contributed by atoms with Crippen LogP contribution in [-0.2, 0) is 4.79 Å². The number of hydrogen-bond donors (Lipinski definition) is 3. The summed E-state index contributed by atoms with van der Waals surface area (Å²) in [7, 11) is 0. The van der Waals surface area contributed by atoms with Crippen LogP contribution in [0.4, 0.5) is 0 Å². The monoisotopic (exact) mass is 348 g/mol. The van der Waals surface area contributed by atoms with Crippen LogP contribution < -0.4 is 20.2 Å². The molecule has 2 fully saturated rings. The van der Waals surface area contributed by atoms with Gasteiger partial charge in [-0.05, 0) is 17.5 Å². The van der Waals surface area contributed by atoms with E-state index in [-0.39, 0.29) is 35.6 Å². The number of amides is 1. The van der Waals surface area contributed by atoms with Crippen LogP contribution in [0.25, 0.3) is 0 Å². The van der Waals surface area contributed by atoms with Crippen molar-refractivity contribution in [1.29, 1.82) is 0 Å². The molecule has 0 unspecified atom stereocenters. The van der Waals surface area contributed by atoms with E-state index in [9.17, 15) is 24.7 Å². The Morgan fingerprint density at radius 2 is 2.12 bits per heavy atom. The SMILES string of the molecule is NC(=O)CN1CC(Oc2ccc3c(c2C(=O)[O-])O[B-](O)(O)[C@H]2C[C@@H]32)C1. The third kappa shape index (κ3) is 2.72. The van der Waals surface area contributed by atoms with E-state index in [1.54, 1.807) is 11.0 Å². The number of primary amides is 1. The standard InChI is InChI=1S/C15H18BN2O7/c17-12(19)6-18-4-7(5-18)24-11-2-1-8-9-3-10(9)16(22,23)25-14(8)13(11)15(20)21/h1-2,7,9-10,22-23H,3-6H2,(H2,17,19)(H,20,21)/q-1/p-1/t9-,10-/m0/s1. The summed E-state index contributed by atoms with van der Waals surface area (Å²) in [5, 5.41) is 31.6. The summed E-state index contributed by atoms with van der Waals surface area (Å²) in [5.74, 6) is -2.52. The van der Waals surface area contributed by atoms with Gasteiger partial charge < -0.3 is 35.1 Å². The fourth-order valence-electron chi connectivity index (χ4n) is 3.73. The maximum atomic E-state index is 11.6. The lowest BCUT2D eigenvalue weighted by Crippen LogP contribution is -2.56. The lowest BCUT2D eigenvalue weighted by atomic mass is 9.68. The highest BCUT2D eigenvalue weighted by molar-refractivity contribution is 6.62. The minimum atomic E-state index is -3.09. The number of carboxylic acid groups (broad SMARTS) is 1. The zero-order valence-electron chi connectivity index (χ0n) is 13.3. The van der Waals surface area contributed by atoms with Gasteiger partial charge >= 0.3 is 6.75 Å². The zero-order chi connectivity index (χ0) is 17.9. The van der Waals surface area contributed by atoms with Crippen molar-refractivity contribution < 1.29 is 34.1 Å². The van der Waals surface area contributed by atoms with Crippen molar-refractivity contribution in [2.75, 3.05) is 19.6 Å². The van der Waals surface area contributed by atoms with Gasteiger partial charge in [0.05, 0.1) is 23.8 Å². The normalized spacial score (nSPS) is 26.6. The smallest absolute Gasteiger partial charge is 0.434 e. The summed E-state index contributed by atoms with van der Waals surface area (Å²) >= 11 is 0. The number of ether oxygens (including phenoxy) is 1. The molecule has 2 atom stereocenters. The van der Waals surface area contributed by atoms with Gasteiger partial charge in [-0.25, -0.2) is 0 Å². The second-order valence-corrected chi connectivity index (χ2v) is 6.93. The molecule has 1 saturated carbocycles. The molecule has 1 saturated heterocycles. The highest BCUT2D eigenvalue weighted by atomic mass is 16.6. The van der Waals surface area contributed by atoms with Gasteiger partial charge in [-0.3, -0.25) is 9.69 Å². The Labute approximate surface area is 142 Å². The number of carbonyl (C=O) groups excluding carboxylic acids is 2. The van der Waals surface area contributed by atoms with Crippen LogP contribution in [0.2, 0.25) is 5.82 Å². The number of carboxylic acids is 1. The topological polar surface area (TPSA) is 145 Å². The summed E-state index contributed by atoms with van der Waals surface area (Å²) in [6.07, 6.45) is 0.239. The summed E-state index contributed by atoms with van der Waals surface area (Å²) in [6, 6.07) is 3.22. The largest absolute Gasteiger partial charge is 0.669 e. The molecule has 9 nitrogen and oxygen atoms in total. The summed E-state index contributed by atoms with van der Waals surface area (Å²) in [5.41, 5.74) is 5.43. The van der Waals surface area contributed by atoms with Gasteiger partial charge in [0.25, 0.3) is 0 Å². The molecule has 25 heavy (non-hydrogen) atoms. The molecule has 4 N–H and O–H groups in total. The molecule has 0 bridgehead atoms. The van der Waals surface area contributed by atoms with Crippen LogP contribution in [-0.4, -0.2) is 59.3 Å². The van der Waals surface area contributed by atoms with Crippen molar-refractivity contribution in [1.82, 2.24) is 4.90 Å². The lowest BCUT2D eigenvalue weighted by Gasteiger charge is -2.40. The van der Waals surface area contributed by atoms with E-state index in [4.69, 9.17) is 15.1 Å². The van der Waals surface area contributed by atoms with Gasteiger partial charge in [0.1, 0.15) is 11.9 Å². The molecule has 1 aromatic rings. The van der Waals surface area contributed by atoms with Gasteiger partial charge in [-0.15, -0.1) is 0 Å². The molecule has 2 aliphatic heterocycles. The lowest BCUT2D eigenvalue weighted by molar-refractivity contribution is -0.255. The summed E-state index contributed by atoms with van der Waals surface area (Å²) in [6.45, 7) is -2.10. The number of aromatic carboxylic acids is 1. The maximum Gasteiger partial charge on any atom is 0.434 e. The van der Waals surface area contributed by atoms with Gasteiger partial charge in [-0.1, -0.05) is 18.3 Å². The fourth-order valence-corrected chi connectivity index (χ4v) is 3.73. The van der Waals surface area contributed by atoms with E-state index in [0.29, 0.717) is 25.1 Å². The fraction of sp³-hybridized carbons (Fsp3) is 0.467. The molecular formula is C15H17BN2O7-2. The van der Waals surface area contributed by atoms with Crippen molar-refractivity contribution in [3.05, 3.63) is 23.3 Å². The van der Waals surface area contributed by atoms with E-state index in [1.165, 1.54) is 6.07 Å². The Hall–Kier alpha value is -2.30. The molecular weight excluding hydrogens is 331 g/mol. The van der Waals surface area contributed by atoms with Crippen LogP contribution >= 0.6 is 0 Å². The Balaban J connectivity index is 1.58. The average Bonchev–Trinajstić information content (AvgIpc) is 3.25. The molecule has 1 amide bonds. The number of hydrogen-bond acceptors (Lipinski definition) is 8. The van der Waals surface area contributed by atoms with E-state index in [1.807, 2.05) is 0 Å². The van der Waals surface area contributed by atoms with Crippen molar-refractivity contribution in [2.45, 2.75) is 24.3 Å². The second kappa shape index (κ2) is 5.35. The van der Waals surface area contributed by atoms with Crippen molar-refractivity contribution in [3.8, 4) is 11.5 Å². The van der Waals surface area contributed by atoms with E-state index in [2.05, 4.69) is 0 Å². The minimum absolute atomic E-state index is 0.0492. The molecule has 10 heteroatoms. The van der Waals surface area contributed by atoms with Crippen LogP contribution in [0.15, 0.2) is 12.1 Å². The average molecular weight is 348 g/mol. The number of rotatable bonds is 5. The number of fused-ring (bicyclic) bond motifs is 3. The molecule has 1 aliphatic carbocycles. The first-order chi connectivity index (χ1) is 11.8. The van der Waals surface area contributed by atoms with Gasteiger partial charge in [0, 0.05) is 13.1 Å². The number of nitrogens with two attached hydrogens (primary N) is 1. The molecule has 3 aliphatic rings. The van der Waals surface area contributed by atoms with Crippen molar-refractivity contribution >= 4 is 18.6 Å². The third-order valence-corrected chi connectivity index (χ3v) is 5.04. The van der Waals surface area contributed by atoms with Crippen molar-refractivity contribution in [3.63, 3.8) is 0 Å². The van der Waals surface area contributed by atoms with Crippen LogP contribution in [0.5, 0.6) is 11.5 Å². The summed E-state index contributed by atoms with van der Waals surface area (Å²) in [4.78, 5) is 24.3. The number of likely N-dealkylation sites (tertiary alicyclic amines) is 1. The molecule has 2 heterocycles. The molecule has 4 rings (SSSR count). The van der Waals surface area contributed by atoms with Crippen LogP contribution in [0, 0.1) is 0 Å². The van der Waals surface area contributed by atoms with E-state index >= 15 is 0 Å². The number of nitrogens with zero attached hydrogens (tertiary/aromatic N) is 1. The number of benzene rings is 1. The molecule has 1 aromatic carbocycles. The minimum Gasteiger partial charge on any atom is -0.669 e. The van der Waals surface area contributed by atoms with Crippen LogP contribution in [0.3, 0.4) is 0 Å². The highest BCUT2D eigenvalue weighted by Gasteiger charge is 2.55. The molecule has 0 radical (unpaired) electrons. The first-order valence-electron chi connectivity index (χ1n) is 8.10. The summed E-state index contributed by atoms with van der Waals surface area (Å²) < 4.78 is 10.9. The first kappa shape index (κ1) is 16.2. The Morgan fingerprint density at radius 3 is 2.76 bits per heavy atom. The predicted octanol–water partition coefficient (Wildman–Crippen LogP) is -2.23. The second-order valence-electron chi connectivity index (χ2n) is 6.93. The third-order valence-electron chi connectivity index (χ3n) is 5.04. The van der Waals surface area contributed by atoms with Crippen molar-refractivity contribution in [2.24, 2.45) is 5.73 Å². The molecule has 0 spiro atoms. The Bertz CT molecular complexity index is 762. The number of carbonyl (C=O) groups is 2. The molecule has 134 valence electrons. The zero-order valence-corrected chi connectivity index (χ0v) is 13.3. The first-order valence-corrected chi connectivity index (χ1v) is 8.10. The highest BCUT2D eigenvalue weighted by Crippen LogP contribution is 2.63. The van der Waals surface area contributed by atoms with Gasteiger partial charge in [-0.2, -0.15) is 0 Å². The Morgan fingerprint density at radius 1 is 1.40 bits per heavy atom. The molecule has 0 aromatic heterocycles. The van der Waals surface area contributed by atoms with Gasteiger partial charge in [0.15, 0.2) is 0 Å². The maximum absolute atomic E-state index is 11.6. The predicted molar refractivity (Wildman–Crippen MR) is 82.8 cm³/mol. The van der Waals surface area contributed by atoms with Crippen LogP contribution in [0.1, 0.15) is 28.3 Å². The quantitative estimate of drug-likeness (QED) is 0.507. The Kier molecular flexibility index (Phi) is 3.46.